The minimum absolute atomic E-state index is 0. The molecular formula is C20H30ClN3O2. The van der Waals surface area contributed by atoms with Gasteiger partial charge >= 0.3 is 0 Å². The third-order valence-electron chi connectivity index (χ3n) is 7.07. The fourth-order valence-corrected chi connectivity index (χ4v) is 5.66. The maximum atomic E-state index is 11.6. The summed E-state index contributed by atoms with van der Waals surface area (Å²) >= 11 is 0. The number of aromatic nitrogens is 1. The molecule has 4 atom stereocenters. The predicted octanol–water partition coefficient (Wildman–Crippen LogP) is 2.97. The summed E-state index contributed by atoms with van der Waals surface area (Å²) < 4.78 is 6.27. The lowest BCUT2D eigenvalue weighted by atomic mass is 9.61. The van der Waals surface area contributed by atoms with E-state index in [1.54, 1.807) is 6.20 Å². The average Bonchev–Trinajstić information content (AvgIpc) is 2.59. The van der Waals surface area contributed by atoms with Crippen molar-refractivity contribution in [1.29, 1.82) is 0 Å². The highest BCUT2D eigenvalue weighted by Crippen LogP contribution is 2.52. The van der Waals surface area contributed by atoms with Crippen LogP contribution in [0.4, 0.5) is 0 Å². The molecule has 26 heavy (non-hydrogen) atoms. The number of hydrogen-bond acceptors (Lipinski definition) is 4. The summed E-state index contributed by atoms with van der Waals surface area (Å²) in [6.07, 6.45) is 8.01. The van der Waals surface area contributed by atoms with Crippen molar-refractivity contribution in [3.63, 3.8) is 0 Å². The van der Waals surface area contributed by atoms with Gasteiger partial charge in [-0.3, -0.25) is 14.7 Å². The molecule has 0 spiro atoms. The lowest BCUT2D eigenvalue weighted by molar-refractivity contribution is -0.181. The highest BCUT2D eigenvalue weighted by Gasteiger charge is 2.54. The summed E-state index contributed by atoms with van der Waals surface area (Å²) in [4.78, 5) is 18.5. The summed E-state index contributed by atoms with van der Waals surface area (Å²) in [5.41, 5.74) is 6.57. The van der Waals surface area contributed by atoms with Crippen LogP contribution in [0.25, 0.3) is 0 Å². The number of nitrogens with two attached hydrogens (primary N) is 1. The largest absolute Gasteiger partial charge is 0.373 e. The van der Waals surface area contributed by atoms with E-state index < -0.39 is 5.91 Å². The Kier molecular flexibility index (Phi) is 5.61. The quantitative estimate of drug-likeness (QED) is 0.873. The first-order chi connectivity index (χ1) is 12.1. The molecule has 5 nitrogen and oxygen atoms in total. The van der Waals surface area contributed by atoms with Crippen LogP contribution in [0.5, 0.6) is 0 Å². The second-order valence-corrected chi connectivity index (χ2v) is 8.19. The molecule has 6 heteroatoms. The number of hydrogen-bond donors (Lipinski definition) is 1. The summed E-state index contributed by atoms with van der Waals surface area (Å²) in [5.74, 6) is 1.26. The summed E-state index contributed by atoms with van der Waals surface area (Å²) in [6, 6.07) is 4.62. The first-order valence-corrected chi connectivity index (χ1v) is 9.61. The molecule has 1 saturated heterocycles. The number of nitrogens with zero attached hydrogens (tertiary/aromatic N) is 2. The molecule has 4 rings (SSSR count). The molecule has 1 aromatic heterocycles. The number of rotatable bonds is 4. The number of piperidine rings is 1. The average molecular weight is 380 g/mol. The standard InChI is InChI=1S/C20H29N3O2.ClH/c1-13-6-7-18(13)23-11-15-4-3-5-16(12-23)20(15,25-2)14-8-9-22-17(10-14)19(21)24;/h8-10,13,15-16,18H,3-7,11-12H2,1-2H3,(H2,21,24);1H/t13-,15?,16?,18-,20?;/m0./s1. The number of fused-ring (bicyclic) bond motifs is 2. The van der Waals surface area contributed by atoms with Gasteiger partial charge in [0.2, 0.25) is 0 Å². The highest BCUT2D eigenvalue weighted by atomic mass is 35.5. The number of carbonyl (C=O) groups excluding carboxylic acids is 1. The van der Waals surface area contributed by atoms with Crippen LogP contribution in [0.2, 0.25) is 0 Å². The van der Waals surface area contributed by atoms with Gasteiger partial charge in [0, 0.05) is 44.3 Å². The maximum absolute atomic E-state index is 11.6. The Balaban J connectivity index is 0.00000196. The van der Waals surface area contributed by atoms with Gasteiger partial charge in [0.05, 0.1) is 0 Å². The van der Waals surface area contributed by atoms with Crippen LogP contribution in [0.1, 0.15) is 55.1 Å². The first-order valence-electron chi connectivity index (χ1n) is 9.61. The Labute approximate surface area is 162 Å². The number of methoxy groups -OCH3 is 1. The van der Waals surface area contributed by atoms with Crippen molar-refractivity contribution in [2.45, 2.75) is 50.7 Å². The molecule has 2 heterocycles. The predicted molar refractivity (Wildman–Crippen MR) is 103 cm³/mol. The second-order valence-electron chi connectivity index (χ2n) is 8.19. The molecule has 2 saturated carbocycles. The van der Waals surface area contributed by atoms with Crippen LogP contribution in [0.15, 0.2) is 18.3 Å². The van der Waals surface area contributed by atoms with Crippen LogP contribution in [-0.2, 0) is 10.3 Å². The van der Waals surface area contributed by atoms with Crippen LogP contribution in [0, 0.1) is 17.8 Å². The van der Waals surface area contributed by atoms with E-state index in [0.29, 0.717) is 17.5 Å². The third kappa shape index (κ3) is 2.94. The Morgan fingerprint density at radius 2 is 1.96 bits per heavy atom. The zero-order chi connectivity index (χ0) is 17.6. The van der Waals surface area contributed by atoms with Crippen molar-refractivity contribution >= 4 is 18.3 Å². The molecule has 1 amide bonds. The smallest absolute Gasteiger partial charge is 0.267 e. The topological polar surface area (TPSA) is 68.5 Å². The van der Waals surface area contributed by atoms with Crippen molar-refractivity contribution in [3.8, 4) is 0 Å². The van der Waals surface area contributed by atoms with Gasteiger partial charge in [0.1, 0.15) is 11.3 Å². The van der Waals surface area contributed by atoms with E-state index in [-0.39, 0.29) is 18.0 Å². The zero-order valence-electron chi connectivity index (χ0n) is 15.7. The Morgan fingerprint density at radius 3 is 2.46 bits per heavy atom. The van der Waals surface area contributed by atoms with Gasteiger partial charge in [-0.2, -0.15) is 0 Å². The fourth-order valence-electron chi connectivity index (χ4n) is 5.66. The van der Waals surface area contributed by atoms with E-state index in [2.05, 4.69) is 16.8 Å². The van der Waals surface area contributed by atoms with Crippen LogP contribution < -0.4 is 5.73 Å². The van der Waals surface area contributed by atoms with Gasteiger partial charge in [-0.05, 0) is 49.3 Å². The lowest BCUT2D eigenvalue weighted by Gasteiger charge is -2.58. The van der Waals surface area contributed by atoms with E-state index >= 15 is 0 Å². The molecule has 0 radical (unpaired) electrons. The van der Waals surface area contributed by atoms with E-state index in [0.717, 1.165) is 30.6 Å². The van der Waals surface area contributed by atoms with Crippen molar-refractivity contribution < 1.29 is 9.53 Å². The van der Waals surface area contributed by atoms with Gasteiger partial charge in [0.15, 0.2) is 0 Å². The number of likely N-dealkylation sites (tertiary alicyclic amines) is 1. The Hall–Kier alpha value is -1.17. The minimum Gasteiger partial charge on any atom is -0.373 e. The molecule has 3 aliphatic rings. The van der Waals surface area contributed by atoms with Crippen LogP contribution in [0.3, 0.4) is 0 Å². The van der Waals surface area contributed by atoms with Crippen molar-refractivity contribution in [2.24, 2.45) is 23.5 Å². The van der Waals surface area contributed by atoms with E-state index in [9.17, 15) is 4.79 Å². The molecule has 144 valence electrons. The molecule has 3 fully saturated rings. The van der Waals surface area contributed by atoms with Gasteiger partial charge in [0.25, 0.3) is 5.91 Å². The Morgan fingerprint density at radius 1 is 1.27 bits per heavy atom. The summed E-state index contributed by atoms with van der Waals surface area (Å²) in [7, 11) is 1.83. The summed E-state index contributed by atoms with van der Waals surface area (Å²) in [5, 5.41) is 0. The normalized spacial score (nSPS) is 36.7. The molecule has 0 aromatic carbocycles. The number of halogens is 1. The number of pyridine rings is 1. The first kappa shape index (κ1) is 19.6. The zero-order valence-corrected chi connectivity index (χ0v) is 16.5. The van der Waals surface area contributed by atoms with E-state index in [1.807, 2.05) is 19.2 Å². The molecule has 2 unspecified atom stereocenters. The number of carbonyl (C=O) groups is 1. The second kappa shape index (κ2) is 7.45. The molecular weight excluding hydrogens is 350 g/mol. The van der Waals surface area contributed by atoms with Gasteiger partial charge in [-0.1, -0.05) is 13.3 Å². The van der Waals surface area contributed by atoms with Crippen LogP contribution in [-0.4, -0.2) is 42.0 Å². The Bertz CT molecular complexity index is 654. The van der Waals surface area contributed by atoms with Crippen molar-refractivity contribution in [2.75, 3.05) is 20.2 Å². The minimum atomic E-state index is -0.473. The maximum Gasteiger partial charge on any atom is 0.267 e. The molecule has 1 aliphatic heterocycles. The SMILES string of the molecule is COC1(c2ccnc(C(N)=O)c2)C2CCCC1CN([C@H]1CC[C@@H]1C)C2.Cl. The highest BCUT2D eigenvalue weighted by molar-refractivity contribution is 5.90. The lowest BCUT2D eigenvalue weighted by Crippen LogP contribution is -2.62. The molecule has 2 aliphatic carbocycles. The van der Waals surface area contributed by atoms with E-state index in [4.69, 9.17) is 10.5 Å². The third-order valence-corrected chi connectivity index (χ3v) is 7.07. The van der Waals surface area contributed by atoms with Gasteiger partial charge in [-0.25, -0.2) is 0 Å². The molecule has 1 aromatic rings. The van der Waals surface area contributed by atoms with Crippen molar-refractivity contribution in [1.82, 2.24) is 9.88 Å². The number of primary amides is 1. The van der Waals surface area contributed by atoms with Crippen molar-refractivity contribution in [3.05, 3.63) is 29.6 Å². The molecule has 2 bridgehead atoms. The van der Waals surface area contributed by atoms with E-state index in [1.165, 1.54) is 32.1 Å². The fraction of sp³-hybridized carbons (Fsp3) is 0.700. The van der Waals surface area contributed by atoms with Gasteiger partial charge < -0.3 is 10.5 Å². The number of amides is 1. The van der Waals surface area contributed by atoms with Crippen LogP contribution >= 0.6 is 12.4 Å². The molecule has 2 N–H and O–H groups in total. The van der Waals surface area contributed by atoms with Gasteiger partial charge in [-0.15, -0.1) is 12.4 Å². The summed E-state index contributed by atoms with van der Waals surface area (Å²) in [6.45, 7) is 4.56. The monoisotopic (exact) mass is 379 g/mol. The number of ether oxygens (including phenoxy) is 1.